The maximum atomic E-state index is 9.54. The lowest BCUT2D eigenvalue weighted by molar-refractivity contribution is 0.0192. The van der Waals surface area contributed by atoms with Gasteiger partial charge in [0.1, 0.15) is 0 Å². The van der Waals surface area contributed by atoms with E-state index >= 15 is 0 Å². The smallest absolute Gasteiger partial charge is 0.0715 e. The summed E-state index contributed by atoms with van der Waals surface area (Å²) in [6, 6.07) is 0. The predicted molar refractivity (Wildman–Crippen MR) is 57.3 cm³/mol. The van der Waals surface area contributed by atoms with Crippen molar-refractivity contribution in [2.24, 2.45) is 5.41 Å². The second-order valence-corrected chi connectivity index (χ2v) is 5.34. The van der Waals surface area contributed by atoms with Crippen LogP contribution in [0.25, 0.3) is 0 Å². The van der Waals surface area contributed by atoms with Gasteiger partial charge in [-0.3, -0.25) is 0 Å². The maximum absolute atomic E-state index is 9.54. The van der Waals surface area contributed by atoms with Gasteiger partial charge in [-0.25, -0.2) is 0 Å². The Morgan fingerprint density at radius 2 is 1.93 bits per heavy atom. The average molecular weight is 201 g/mol. The molecule has 1 aliphatic heterocycles. The normalized spacial score (nSPS) is 22.3. The van der Waals surface area contributed by atoms with Crippen molar-refractivity contribution in [3.63, 3.8) is 0 Å². The second-order valence-electron chi connectivity index (χ2n) is 5.34. The molecule has 3 heteroatoms. The summed E-state index contributed by atoms with van der Waals surface area (Å²) in [6.07, 6.45) is 2.23. The summed E-state index contributed by atoms with van der Waals surface area (Å²) in [7, 11) is 0. The fraction of sp³-hybridized carbons (Fsp3) is 1.00. The van der Waals surface area contributed by atoms with Crippen LogP contribution in [-0.4, -0.2) is 37.0 Å². The molecule has 0 unspecified atom stereocenters. The van der Waals surface area contributed by atoms with Gasteiger partial charge in [-0.1, -0.05) is 6.92 Å². The first kappa shape index (κ1) is 12.0. The van der Waals surface area contributed by atoms with Gasteiger partial charge in [0.15, 0.2) is 0 Å². The molecular formula is C11H23NO2. The quantitative estimate of drug-likeness (QED) is 0.717. The van der Waals surface area contributed by atoms with Crippen LogP contribution in [-0.2, 0) is 4.74 Å². The van der Waals surface area contributed by atoms with E-state index in [4.69, 9.17) is 4.74 Å². The van der Waals surface area contributed by atoms with E-state index in [1.54, 1.807) is 0 Å². The van der Waals surface area contributed by atoms with Crippen LogP contribution in [0.2, 0.25) is 0 Å². The van der Waals surface area contributed by atoms with E-state index < -0.39 is 5.60 Å². The molecule has 2 N–H and O–H groups in total. The highest BCUT2D eigenvalue weighted by Gasteiger charge is 2.27. The first-order valence-corrected chi connectivity index (χ1v) is 5.42. The zero-order chi connectivity index (χ0) is 10.7. The monoisotopic (exact) mass is 201 g/mol. The molecule has 0 radical (unpaired) electrons. The van der Waals surface area contributed by atoms with Crippen LogP contribution in [0.15, 0.2) is 0 Å². The molecule has 3 nitrogen and oxygen atoms in total. The van der Waals surface area contributed by atoms with Crippen LogP contribution in [0.3, 0.4) is 0 Å². The van der Waals surface area contributed by atoms with Crippen molar-refractivity contribution in [2.45, 2.75) is 39.2 Å². The molecule has 0 atom stereocenters. The van der Waals surface area contributed by atoms with E-state index in [0.717, 1.165) is 32.6 Å². The predicted octanol–water partition coefficient (Wildman–Crippen LogP) is 1.16. The Morgan fingerprint density at radius 3 is 2.43 bits per heavy atom. The fourth-order valence-corrected chi connectivity index (χ4v) is 1.71. The summed E-state index contributed by atoms with van der Waals surface area (Å²) in [5, 5.41) is 12.9. The largest absolute Gasteiger partial charge is 0.389 e. The molecule has 1 rings (SSSR count). The molecule has 1 fully saturated rings. The van der Waals surface area contributed by atoms with Gasteiger partial charge >= 0.3 is 0 Å². The van der Waals surface area contributed by atoms with Crippen molar-refractivity contribution in [1.29, 1.82) is 0 Å². The van der Waals surface area contributed by atoms with Crippen molar-refractivity contribution in [2.75, 3.05) is 26.3 Å². The fourth-order valence-electron chi connectivity index (χ4n) is 1.71. The zero-order valence-corrected chi connectivity index (χ0v) is 9.60. The van der Waals surface area contributed by atoms with E-state index in [1.807, 2.05) is 13.8 Å². The van der Waals surface area contributed by atoms with Gasteiger partial charge in [0.25, 0.3) is 0 Å². The molecule has 0 aromatic carbocycles. The van der Waals surface area contributed by atoms with Gasteiger partial charge in [0, 0.05) is 26.3 Å². The third-order valence-electron chi connectivity index (χ3n) is 2.81. The molecule has 0 amide bonds. The first-order chi connectivity index (χ1) is 6.41. The molecule has 0 aromatic heterocycles. The summed E-state index contributed by atoms with van der Waals surface area (Å²) in [4.78, 5) is 0. The van der Waals surface area contributed by atoms with Gasteiger partial charge in [0.05, 0.1) is 5.60 Å². The Hall–Kier alpha value is -0.120. The van der Waals surface area contributed by atoms with E-state index in [0.29, 0.717) is 12.0 Å². The topological polar surface area (TPSA) is 41.5 Å². The Balaban J connectivity index is 2.22. The number of hydrogen-bond acceptors (Lipinski definition) is 3. The van der Waals surface area contributed by atoms with Gasteiger partial charge in [0.2, 0.25) is 0 Å². The number of hydrogen-bond donors (Lipinski definition) is 2. The molecule has 0 aliphatic carbocycles. The van der Waals surface area contributed by atoms with Gasteiger partial charge < -0.3 is 15.2 Å². The lowest BCUT2D eigenvalue weighted by Gasteiger charge is -2.34. The SMILES string of the molecule is CC(C)(O)CNCC1(C)CCOCC1. The highest BCUT2D eigenvalue weighted by Crippen LogP contribution is 2.28. The average Bonchev–Trinajstić information content (AvgIpc) is 2.02. The summed E-state index contributed by atoms with van der Waals surface area (Å²) >= 11 is 0. The highest BCUT2D eigenvalue weighted by molar-refractivity contribution is 4.81. The Labute approximate surface area is 86.8 Å². The molecule has 0 aromatic rings. The summed E-state index contributed by atoms with van der Waals surface area (Å²) < 4.78 is 5.33. The van der Waals surface area contributed by atoms with Gasteiger partial charge in [-0.2, -0.15) is 0 Å². The minimum atomic E-state index is -0.610. The zero-order valence-electron chi connectivity index (χ0n) is 9.60. The number of ether oxygens (including phenoxy) is 1. The number of nitrogens with one attached hydrogen (secondary N) is 1. The van der Waals surface area contributed by atoms with Crippen LogP contribution in [0, 0.1) is 5.41 Å². The van der Waals surface area contributed by atoms with E-state index in [1.165, 1.54) is 0 Å². The number of aliphatic hydroxyl groups is 1. The van der Waals surface area contributed by atoms with Crippen molar-refractivity contribution in [1.82, 2.24) is 5.32 Å². The molecule has 0 spiro atoms. The van der Waals surface area contributed by atoms with Crippen molar-refractivity contribution >= 4 is 0 Å². The van der Waals surface area contributed by atoms with Crippen LogP contribution >= 0.6 is 0 Å². The lowest BCUT2D eigenvalue weighted by atomic mass is 9.82. The Bertz CT molecular complexity index is 169. The van der Waals surface area contributed by atoms with E-state index in [-0.39, 0.29) is 0 Å². The van der Waals surface area contributed by atoms with Crippen molar-refractivity contribution in [3.05, 3.63) is 0 Å². The Morgan fingerprint density at radius 1 is 1.36 bits per heavy atom. The van der Waals surface area contributed by atoms with E-state index in [2.05, 4.69) is 12.2 Å². The lowest BCUT2D eigenvalue weighted by Crippen LogP contribution is -2.42. The van der Waals surface area contributed by atoms with Crippen LogP contribution < -0.4 is 5.32 Å². The molecule has 84 valence electrons. The molecule has 0 saturated carbocycles. The molecule has 1 saturated heterocycles. The summed E-state index contributed by atoms with van der Waals surface area (Å²) in [5.74, 6) is 0. The van der Waals surface area contributed by atoms with Crippen LogP contribution in [0.1, 0.15) is 33.6 Å². The maximum Gasteiger partial charge on any atom is 0.0715 e. The minimum absolute atomic E-state index is 0.351. The van der Waals surface area contributed by atoms with Gasteiger partial charge in [-0.15, -0.1) is 0 Å². The second kappa shape index (κ2) is 4.60. The van der Waals surface area contributed by atoms with E-state index in [9.17, 15) is 5.11 Å². The number of rotatable bonds is 4. The molecule has 1 aliphatic rings. The molecule has 14 heavy (non-hydrogen) atoms. The first-order valence-electron chi connectivity index (χ1n) is 5.42. The van der Waals surface area contributed by atoms with Crippen molar-refractivity contribution < 1.29 is 9.84 Å². The minimum Gasteiger partial charge on any atom is -0.389 e. The summed E-state index contributed by atoms with van der Waals surface area (Å²) in [6.45, 7) is 9.32. The van der Waals surface area contributed by atoms with Crippen LogP contribution in [0.5, 0.6) is 0 Å². The van der Waals surface area contributed by atoms with Crippen LogP contribution in [0.4, 0.5) is 0 Å². The molecular weight excluding hydrogens is 178 g/mol. The Kier molecular flexibility index (Phi) is 3.93. The van der Waals surface area contributed by atoms with Crippen molar-refractivity contribution in [3.8, 4) is 0 Å². The summed E-state index contributed by atoms with van der Waals surface area (Å²) in [5.41, 5.74) is -0.259. The van der Waals surface area contributed by atoms with Gasteiger partial charge in [-0.05, 0) is 32.1 Å². The highest BCUT2D eigenvalue weighted by atomic mass is 16.5. The standard InChI is InChI=1S/C11H23NO2/c1-10(2,13)8-12-9-11(3)4-6-14-7-5-11/h12-13H,4-9H2,1-3H3. The molecule has 1 heterocycles. The third-order valence-corrected chi connectivity index (χ3v) is 2.81. The third kappa shape index (κ3) is 4.40. The molecule has 0 bridgehead atoms.